The minimum Gasteiger partial charge on any atom is -0.385 e. The third-order valence-corrected chi connectivity index (χ3v) is 1.73. The predicted octanol–water partition coefficient (Wildman–Crippen LogP) is 3.02. The van der Waals surface area contributed by atoms with Gasteiger partial charge in [-0.1, -0.05) is 33.1 Å². The third-order valence-electron chi connectivity index (χ3n) is 1.73. The van der Waals surface area contributed by atoms with Crippen LogP contribution in [0.25, 0.3) is 0 Å². The average molecular weight is 165 g/mol. The van der Waals surface area contributed by atoms with Crippen LogP contribution in [0.5, 0.6) is 0 Å². The lowest BCUT2D eigenvalue weighted by Gasteiger charge is -2.16. The molecule has 0 aliphatic carbocycles. The predicted molar refractivity (Wildman–Crippen MR) is 56.0 cm³/mol. The molecule has 0 atom stereocenters. The number of rotatable bonds is 2. The van der Waals surface area contributed by atoms with Crippen molar-refractivity contribution in [2.24, 2.45) is 0 Å². The summed E-state index contributed by atoms with van der Waals surface area (Å²) in [5.74, 6) is 0. The first kappa shape index (κ1) is 11.0. The highest BCUT2D eigenvalue weighted by Crippen LogP contribution is 2.15. The van der Waals surface area contributed by atoms with E-state index >= 15 is 0 Å². The first-order valence-electron chi connectivity index (χ1n) is 4.60. The number of hydrogen-bond acceptors (Lipinski definition) is 1. The summed E-state index contributed by atoms with van der Waals surface area (Å²) in [5.41, 5.74) is 2.45. The monoisotopic (exact) mass is 165 g/mol. The lowest BCUT2D eigenvalue weighted by Crippen LogP contribution is -2.19. The van der Waals surface area contributed by atoms with E-state index in [1.54, 1.807) is 0 Å². The molecule has 0 radical (unpaired) electrons. The minimum atomic E-state index is 1.07. The lowest BCUT2D eigenvalue weighted by atomic mass is 10.0. The molecule has 68 valence electrons. The van der Waals surface area contributed by atoms with Gasteiger partial charge in [0.15, 0.2) is 0 Å². The van der Waals surface area contributed by atoms with Gasteiger partial charge in [0.2, 0.25) is 0 Å². The Morgan fingerprint density at radius 3 is 2.33 bits per heavy atom. The molecule has 0 unspecified atom stereocenters. The molecule has 0 saturated heterocycles. The highest BCUT2D eigenvalue weighted by Gasteiger charge is 2.04. The van der Waals surface area contributed by atoms with E-state index in [-0.39, 0.29) is 0 Å². The van der Waals surface area contributed by atoms with Gasteiger partial charge in [-0.25, -0.2) is 0 Å². The highest BCUT2D eigenvalue weighted by molar-refractivity contribution is 5.31. The van der Waals surface area contributed by atoms with Crippen molar-refractivity contribution in [2.75, 3.05) is 6.54 Å². The van der Waals surface area contributed by atoms with Gasteiger partial charge < -0.3 is 5.32 Å². The van der Waals surface area contributed by atoms with E-state index in [1.807, 2.05) is 26.0 Å². The van der Waals surface area contributed by atoms with Gasteiger partial charge in [-0.15, -0.1) is 0 Å². The zero-order valence-corrected chi connectivity index (χ0v) is 8.19. The molecular formula is C11H19N. The minimum absolute atomic E-state index is 1.07. The van der Waals surface area contributed by atoms with Crippen LogP contribution >= 0.6 is 0 Å². The van der Waals surface area contributed by atoms with Crippen LogP contribution in [0, 0.1) is 0 Å². The van der Waals surface area contributed by atoms with E-state index < -0.39 is 0 Å². The fourth-order valence-corrected chi connectivity index (χ4v) is 1.17. The molecule has 1 nitrogen and oxygen atoms in total. The molecule has 0 amide bonds. The molecule has 0 saturated carbocycles. The van der Waals surface area contributed by atoms with Gasteiger partial charge >= 0.3 is 0 Å². The molecule has 0 fully saturated rings. The first-order chi connectivity index (χ1) is 5.88. The summed E-state index contributed by atoms with van der Waals surface area (Å²) in [6.45, 7) is 12.5. The molecule has 1 N–H and O–H groups in total. The quantitative estimate of drug-likeness (QED) is 0.663. The van der Waals surface area contributed by atoms with Crippen LogP contribution in [-0.4, -0.2) is 6.54 Å². The molecular weight excluding hydrogens is 146 g/mol. The smallest absolute Gasteiger partial charge is 0.0366 e. The van der Waals surface area contributed by atoms with Crippen LogP contribution in [0.4, 0.5) is 0 Å². The van der Waals surface area contributed by atoms with Crippen LogP contribution in [0.3, 0.4) is 0 Å². The van der Waals surface area contributed by atoms with Crippen molar-refractivity contribution >= 4 is 0 Å². The van der Waals surface area contributed by atoms with Gasteiger partial charge in [-0.2, -0.15) is 0 Å². The van der Waals surface area contributed by atoms with Gasteiger partial charge in [-0.05, 0) is 24.5 Å². The Morgan fingerprint density at radius 2 is 1.92 bits per heavy atom. The first-order valence-corrected chi connectivity index (χ1v) is 4.60. The number of nitrogens with one attached hydrogen (secondary N) is 1. The van der Waals surface area contributed by atoms with E-state index in [2.05, 4.69) is 18.5 Å². The van der Waals surface area contributed by atoms with E-state index in [0.29, 0.717) is 0 Å². The third kappa shape index (κ3) is 2.95. The normalized spacial score (nSPS) is 15.5. The molecule has 1 heterocycles. The maximum atomic E-state index is 3.74. The van der Waals surface area contributed by atoms with Crippen LogP contribution in [0.15, 0.2) is 36.6 Å². The molecule has 1 heteroatoms. The fraction of sp³-hybridized carbons (Fsp3) is 0.455. The highest BCUT2D eigenvalue weighted by atomic mass is 14.9. The number of allylic oxidation sites excluding steroid dienone is 3. The topological polar surface area (TPSA) is 12.0 Å². The van der Waals surface area contributed by atoms with Crippen LogP contribution in [-0.2, 0) is 0 Å². The van der Waals surface area contributed by atoms with Crippen molar-refractivity contribution in [3.05, 3.63) is 36.6 Å². The molecule has 0 aromatic carbocycles. The Hall–Kier alpha value is -0.980. The Bertz CT molecular complexity index is 157. The molecule has 12 heavy (non-hydrogen) atoms. The Labute approximate surface area is 75.9 Å². The zero-order chi connectivity index (χ0) is 9.40. The second-order valence-electron chi connectivity index (χ2n) is 2.38. The summed E-state index contributed by atoms with van der Waals surface area (Å²) < 4.78 is 0. The summed E-state index contributed by atoms with van der Waals surface area (Å²) in [5, 5.41) is 3.26. The van der Waals surface area contributed by atoms with Gasteiger partial charge in [0.25, 0.3) is 0 Å². The van der Waals surface area contributed by atoms with E-state index in [4.69, 9.17) is 0 Å². The summed E-state index contributed by atoms with van der Waals surface area (Å²) in [6, 6.07) is 0. The molecule has 0 spiro atoms. The average Bonchev–Trinajstić information content (AvgIpc) is 2.20. The van der Waals surface area contributed by atoms with Crippen LogP contribution in [0.2, 0.25) is 0 Å². The van der Waals surface area contributed by atoms with E-state index in [1.165, 1.54) is 12.0 Å². The molecule has 1 aliphatic heterocycles. The summed E-state index contributed by atoms with van der Waals surface area (Å²) in [7, 11) is 0. The van der Waals surface area contributed by atoms with Gasteiger partial charge in [0, 0.05) is 12.2 Å². The molecule has 0 aromatic heterocycles. The number of hydrogen-bond donors (Lipinski definition) is 1. The SMILES string of the molecule is C=CC1=C(C=C)NCCC1.CC. The van der Waals surface area contributed by atoms with Gasteiger partial charge in [0.05, 0.1) is 0 Å². The molecule has 0 aromatic rings. The standard InChI is InChI=1S/C9H13N.C2H6/c1-3-8-6-5-7-10-9(8)4-2;1-2/h3-4,10H,1-2,5-7H2;1-2H3. The largest absolute Gasteiger partial charge is 0.385 e. The zero-order valence-electron chi connectivity index (χ0n) is 8.19. The lowest BCUT2D eigenvalue weighted by molar-refractivity contribution is 0.685. The molecule has 0 bridgehead atoms. The van der Waals surface area contributed by atoms with Crippen molar-refractivity contribution in [2.45, 2.75) is 26.7 Å². The van der Waals surface area contributed by atoms with Crippen molar-refractivity contribution in [3.63, 3.8) is 0 Å². The Balaban J connectivity index is 0.000000561. The summed E-state index contributed by atoms with van der Waals surface area (Å²) in [4.78, 5) is 0. The van der Waals surface area contributed by atoms with Crippen molar-refractivity contribution in [1.29, 1.82) is 0 Å². The maximum absolute atomic E-state index is 3.74. The second-order valence-corrected chi connectivity index (χ2v) is 2.38. The molecule has 1 aliphatic rings. The van der Waals surface area contributed by atoms with Crippen molar-refractivity contribution in [1.82, 2.24) is 5.32 Å². The summed E-state index contributed by atoms with van der Waals surface area (Å²) >= 11 is 0. The summed E-state index contributed by atoms with van der Waals surface area (Å²) in [6.07, 6.45) is 6.11. The van der Waals surface area contributed by atoms with E-state index in [0.717, 1.165) is 18.7 Å². The molecule has 1 rings (SSSR count). The van der Waals surface area contributed by atoms with E-state index in [9.17, 15) is 0 Å². The van der Waals surface area contributed by atoms with Crippen LogP contribution in [0.1, 0.15) is 26.7 Å². The fourth-order valence-electron chi connectivity index (χ4n) is 1.17. The van der Waals surface area contributed by atoms with Gasteiger partial charge in [0.1, 0.15) is 0 Å². The second kappa shape index (κ2) is 6.71. The van der Waals surface area contributed by atoms with Crippen molar-refractivity contribution < 1.29 is 0 Å². The maximum Gasteiger partial charge on any atom is 0.0366 e. The van der Waals surface area contributed by atoms with Gasteiger partial charge in [-0.3, -0.25) is 0 Å². The Morgan fingerprint density at radius 1 is 1.25 bits per heavy atom. The van der Waals surface area contributed by atoms with Crippen molar-refractivity contribution in [3.8, 4) is 0 Å². The Kier molecular flexibility index (Phi) is 6.16. The van der Waals surface area contributed by atoms with Crippen LogP contribution < -0.4 is 5.32 Å².